The van der Waals surface area contributed by atoms with E-state index in [4.69, 9.17) is 0 Å². The maximum absolute atomic E-state index is 12.8. The lowest BCUT2D eigenvalue weighted by Crippen LogP contribution is -2.35. The van der Waals surface area contributed by atoms with Crippen LogP contribution >= 0.6 is 0 Å². The van der Waals surface area contributed by atoms with E-state index in [0.717, 1.165) is 11.1 Å². The zero-order chi connectivity index (χ0) is 18.2. The predicted molar refractivity (Wildman–Crippen MR) is 96.9 cm³/mol. The van der Waals surface area contributed by atoms with Crippen molar-refractivity contribution < 1.29 is 13.2 Å². The van der Waals surface area contributed by atoms with Crippen molar-refractivity contribution in [2.24, 2.45) is 0 Å². The van der Waals surface area contributed by atoms with Gasteiger partial charge >= 0.3 is 6.03 Å². The Morgan fingerprint density at radius 2 is 1.60 bits per heavy atom. The summed E-state index contributed by atoms with van der Waals surface area (Å²) < 4.78 is 25.6. The van der Waals surface area contributed by atoms with Gasteiger partial charge in [-0.05, 0) is 31.5 Å². The van der Waals surface area contributed by atoms with Gasteiger partial charge in [-0.1, -0.05) is 48.0 Å². The van der Waals surface area contributed by atoms with E-state index in [1.165, 1.54) is 4.90 Å². The molecule has 2 amide bonds. The number of sulfone groups is 1. The molecular weight excluding hydrogens is 336 g/mol. The summed E-state index contributed by atoms with van der Waals surface area (Å²) in [5, 5.41) is 0. The van der Waals surface area contributed by atoms with E-state index >= 15 is 0 Å². The molecule has 0 spiro atoms. The van der Waals surface area contributed by atoms with Gasteiger partial charge in [0, 0.05) is 7.05 Å². The number of aryl methyl sites for hydroxylation is 1. The van der Waals surface area contributed by atoms with Crippen LogP contribution in [0.15, 0.2) is 59.5 Å². The van der Waals surface area contributed by atoms with Crippen LogP contribution in [-0.2, 0) is 9.84 Å². The summed E-state index contributed by atoms with van der Waals surface area (Å²) in [6.45, 7) is 3.84. The van der Waals surface area contributed by atoms with Gasteiger partial charge in [0.25, 0.3) is 0 Å². The molecule has 3 rings (SSSR count). The highest BCUT2D eigenvalue weighted by Gasteiger charge is 2.43. The Hall–Kier alpha value is -2.34. The third-order valence-corrected chi connectivity index (χ3v) is 6.39. The molecule has 0 radical (unpaired) electrons. The van der Waals surface area contributed by atoms with Gasteiger partial charge in [0.15, 0.2) is 9.84 Å². The minimum Gasteiger partial charge on any atom is -0.323 e. The molecule has 0 aromatic heterocycles. The molecule has 1 heterocycles. The quantitative estimate of drug-likeness (QED) is 0.843. The third kappa shape index (κ3) is 3.26. The van der Waals surface area contributed by atoms with Crippen molar-refractivity contribution in [2.75, 3.05) is 12.9 Å². The van der Waals surface area contributed by atoms with Crippen LogP contribution < -0.4 is 0 Å². The smallest absolute Gasteiger partial charge is 0.321 e. The minimum atomic E-state index is -3.60. The average Bonchev–Trinajstić information content (AvgIpc) is 2.80. The third-order valence-electron chi connectivity index (χ3n) is 4.78. The molecule has 1 aliphatic rings. The topological polar surface area (TPSA) is 57.7 Å². The molecule has 25 heavy (non-hydrogen) atoms. The van der Waals surface area contributed by atoms with Gasteiger partial charge < -0.3 is 9.80 Å². The molecular formula is C19H22N2O3S. The number of urea groups is 1. The molecule has 0 unspecified atom stereocenters. The number of rotatable bonds is 4. The monoisotopic (exact) mass is 358 g/mol. The normalized spacial score (nSPS) is 21.0. The Kier molecular flexibility index (Phi) is 4.56. The largest absolute Gasteiger partial charge is 0.323 e. The second-order valence-corrected chi connectivity index (χ2v) is 8.48. The molecule has 0 N–H and O–H groups in total. The van der Waals surface area contributed by atoms with Gasteiger partial charge in [0.05, 0.1) is 17.0 Å². The molecule has 2 aromatic rings. The second-order valence-electron chi connectivity index (χ2n) is 6.52. The van der Waals surface area contributed by atoms with Crippen LogP contribution in [0.1, 0.15) is 24.1 Å². The SMILES string of the molecule is Cc1ccc(S(=O)(=O)CN2C(=O)N(C)[C@@H](C)[C@H]2c2ccccc2)cc1. The zero-order valence-electron chi connectivity index (χ0n) is 14.6. The van der Waals surface area contributed by atoms with Crippen LogP contribution in [0.3, 0.4) is 0 Å². The van der Waals surface area contributed by atoms with Crippen LogP contribution in [0.4, 0.5) is 4.79 Å². The van der Waals surface area contributed by atoms with E-state index in [2.05, 4.69) is 0 Å². The molecule has 132 valence electrons. The van der Waals surface area contributed by atoms with Crippen LogP contribution in [-0.4, -0.2) is 43.2 Å². The summed E-state index contributed by atoms with van der Waals surface area (Å²) in [5.74, 6) is -0.330. The Labute approximate surface area is 148 Å². The highest BCUT2D eigenvalue weighted by Crippen LogP contribution is 2.35. The average molecular weight is 358 g/mol. The highest BCUT2D eigenvalue weighted by molar-refractivity contribution is 7.91. The first-order chi connectivity index (χ1) is 11.8. The molecule has 0 aliphatic carbocycles. The van der Waals surface area contributed by atoms with E-state index in [-0.39, 0.29) is 28.9 Å². The number of benzene rings is 2. The van der Waals surface area contributed by atoms with Crippen molar-refractivity contribution >= 4 is 15.9 Å². The number of hydrogen-bond acceptors (Lipinski definition) is 3. The van der Waals surface area contributed by atoms with Crippen molar-refractivity contribution in [3.05, 3.63) is 65.7 Å². The van der Waals surface area contributed by atoms with E-state index in [1.54, 1.807) is 36.2 Å². The van der Waals surface area contributed by atoms with Gasteiger partial charge in [0.1, 0.15) is 5.88 Å². The molecule has 5 nitrogen and oxygen atoms in total. The van der Waals surface area contributed by atoms with Gasteiger partial charge in [-0.2, -0.15) is 0 Å². The molecule has 2 atom stereocenters. The Morgan fingerprint density at radius 1 is 1.00 bits per heavy atom. The maximum Gasteiger partial charge on any atom is 0.321 e. The zero-order valence-corrected chi connectivity index (χ0v) is 15.4. The fraction of sp³-hybridized carbons (Fsp3) is 0.316. The van der Waals surface area contributed by atoms with Gasteiger partial charge in [-0.15, -0.1) is 0 Å². The van der Waals surface area contributed by atoms with E-state index in [9.17, 15) is 13.2 Å². The summed E-state index contributed by atoms with van der Waals surface area (Å²) in [4.78, 5) is 15.9. The lowest BCUT2D eigenvalue weighted by molar-refractivity contribution is 0.197. The number of carbonyl (C=O) groups is 1. The summed E-state index contributed by atoms with van der Waals surface area (Å²) in [5.41, 5.74) is 1.93. The summed E-state index contributed by atoms with van der Waals surface area (Å²) in [7, 11) is -1.89. The molecule has 0 bridgehead atoms. The van der Waals surface area contributed by atoms with Gasteiger partial charge in [-0.25, -0.2) is 13.2 Å². The van der Waals surface area contributed by atoms with E-state index < -0.39 is 9.84 Å². The Bertz CT molecular complexity index is 863. The standard InChI is InChI=1S/C19H22N2O3S/c1-14-9-11-17(12-10-14)25(23,24)13-21-18(15(2)20(3)19(21)22)16-7-5-4-6-8-16/h4-12,15,18H,13H2,1-3H3/t15-,18-/m0/s1. The van der Waals surface area contributed by atoms with Gasteiger partial charge in [-0.3, -0.25) is 0 Å². The summed E-state index contributed by atoms with van der Waals surface area (Å²) >= 11 is 0. The molecule has 6 heteroatoms. The summed E-state index contributed by atoms with van der Waals surface area (Å²) in [6, 6.07) is 15.6. The molecule has 0 saturated carbocycles. The first-order valence-electron chi connectivity index (χ1n) is 8.19. The van der Waals surface area contributed by atoms with Crippen LogP contribution in [0, 0.1) is 6.92 Å². The van der Waals surface area contributed by atoms with E-state index in [0.29, 0.717) is 0 Å². The lowest BCUT2D eigenvalue weighted by Gasteiger charge is -2.25. The minimum absolute atomic E-state index is 0.108. The molecule has 1 saturated heterocycles. The fourth-order valence-electron chi connectivity index (χ4n) is 3.22. The number of nitrogens with zero attached hydrogens (tertiary/aromatic N) is 2. The van der Waals surface area contributed by atoms with Gasteiger partial charge in [0.2, 0.25) is 0 Å². The number of carbonyl (C=O) groups excluding carboxylic acids is 1. The van der Waals surface area contributed by atoms with Crippen LogP contribution in [0.25, 0.3) is 0 Å². The summed E-state index contributed by atoms with van der Waals surface area (Å²) in [6.07, 6.45) is 0. The molecule has 1 fully saturated rings. The highest BCUT2D eigenvalue weighted by atomic mass is 32.2. The van der Waals surface area contributed by atoms with Crippen molar-refractivity contribution in [1.82, 2.24) is 9.80 Å². The Balaban J connectivity index is 1.96. The lowest BCUT2D eigenvalue weighted by atomic mass is 10.0. The second kappa shape index (κ2) is 6.52. The number of likely N-dealkylation sites (N-methyl/N-ethyl adjacent to an activating group) is 1. The van der Waals surface area contributed by atoms with Crippen LogP contribution in [0.5, 0.6) is 0 Å². The van der Waals surface area contributed by atoms with E-state index in [1.807, 2.05) is 44.2 Å². The van der Waals surface area contributed by atoms with Crippen molar-refractivity contribution in [3.8, 4) is 0 Å². The Morgan fingerprint density at radius 3 is 2.20 bits per heavy atom. The number of amides is 2. The van der Waals surface area contributed by atoms with Crippen molar-refractivity contribution in [2.45, 2.75) is 30.8 Å². The first kappa shape index (κ1) is 17.5. The first-order valence-corrected chi connectivity index (χ1v) is 9.84. The predicted octanol–water partition coefficient (Wildman–Crippen LogP) is 3.22. The van der Waals surface area contributed by atoms with Crippen molar-refractivity contribution in [3.63, 3.8) is 0 Å². The van der Waals surface area contributed by atoms with Crippen LogP contribution in [0.2, 0.25) is 0 Å². The maximum atomic E-state index is 12.8. The number of hydrogen-bond donors (Lipinski definition) is 0. The molecule has 2 aromatic carbocycles. The van der Waals surface area contributed by atoms with Crippen molar-refractivity contribution in [1.29, 1.82) is 0 Å². The molecule has 1 aliphatic heterocycles. The fourth-order valence-corrected chi connectivity index (χ4v) is 4.55.